The molecule has 0 aliphatic carbocycles. The van der Waals surface area contributed by atoms with E-state index in [-0.39, 0.29) is 0 Å². The van der Waals surface area contributed by atoms with Gasteiger partial charge in [-0.05, 0) is 24.6 Å². The summed E-state index contributed by atoms with van der Waals surface area (Å²) in [5.41, 5.74) is 4.62. The second-order valence-electron chi connectivity index (χ2n) is 5.21. The maximum absolute atomic E-state index is 4.49. The fourth-order valence-electron chi connectivity index (χ4n) is 2.51. The van der Waals surface area contributed by atoms with E-state index < -0.39 is 0 Å². The molecular weight excluding hydrogens is 290 g/mol. The van der Waals surface area contributed by atoms with Gasteiger partial charge >= 0.3 is 0 Å². The Bertz CT molecular complexity index is 954. The molecule has 0 bridgehead atoms. The van der Waals surface area contributed by atoms with Gasteiger partial charge < -0.3 is 10.3 Å². The smallest absolute Gasteiger partial charge is 0.182 e. The Labute approximate surface area is 132 Å². The van der Waals surface area contributed by atoms with E-state index in [2.05, 4.69) is 42.5 Å². The number of para-hydroxylation sites is 1. The summed E-state index contributed by atoms with van der Waals surface area (Å²) in [6.45, 7) is 2.60. The van der Waals surface area contributed by atoms with E-state index in [4.69, 9.17) is 0 Å². The summed E-state index contributed by atoms with van der Waals surface area (Å²) in [7, 11) is 0. The number of fused-ring (bicyclic) bond motifs is 1. The Morgan fingerprint density at radius 1 is 1.13 bits per heavy atom. The first-order valence-corrected chi connectivity index (χ1v) is 7.30. The number of rotatable bonds is 4. The van der Waals surface area contributed by atoms with Crippen LogP contribution in [0.5, 0.6) is 0 Å². The van der Waals surface area contributed by atoms with Crippen molar-refractivity contribution < 1.29 is 0 Å². The van der Waals surface area contributed by atoms with Crippen LogP contribution in [0.1, 0.15) is 11.3 Å². The minimum Gasteiger partial charge on any atom is -0.364 e. The van der Waals surface area contributed by atoms with E-state index in [1.807, 2.05) is 36.0 Å². The minimum absolute atomic E-state index is 0.625. The SMILES string of the molecule is Cc1ccn(-c2ccccc2CNc2ncnc3nc[nH]c23)n1. The van der Waals surface area contributed by atoms with Gasteiger partial charge in [-0.15, -0.1) is 0 Å². The number of nitrogens with one attached hydrogen (secondary N) is 2. The van der Waals surface area contributed by atoms with Crippen molar-refractivity contribution in [2.24, 2.45) is 0 Å². The lowest BCUT2D eigenvalue weighted by Gasteiger charge is -2.11. The second kappa shape index (κ2) is 5.53. The average Bonchev–Trinajstić information content (AvgIpc) is 3.22. The van der Waals surface area contributed by atoms with Gasteiger partial charge in [0, 0.05) is 12.7 Å². The summed E-state index contributed by atoms with van der Waals surface area (Å²) in [4.78, 5) is 15.6. The third-order valence-corrected chi connectivity index (χ3v) is 3.63. The summed E-state index contributed by atoms with van der Waals surface area (Å²) in [5, 5.41) is 7.83. The lowest BCUT2D eigenvalue weighted by atomic mass is 10.2. The van der Waals surface area contributed by atoms with Gasteiger partial charge in [0.15, 0.2) is 11.5 Å². The molecule has 0 aliphatic heterocycles. The van der Waals surface area contributed by atoms with Gasteiger partial charge in [-0.2, -0.15) is 5.10 Å². The number of hydrogen-bond acceptors (Lipinski definition) is 5. The molecule has 4 aromatic rings. The number of hydrogen-bond donors (Lipinski definition) is 2. The summed E-state index contributed by atoms with van der Waals surface area (Å²) < 4.78 is 1.89. The van der Waals surface area contributed by atoms with E-state index in [0.29, 0.717) is 12.2 Å². The third-order valence-electron chi connectivity index (χ3n) is 3.63. The molecule has 1 aromatic carbocycles. The lowest BCUT2D eigenvalue weighted by molar-refractivity contribution is 0.848. The van der Waals surface area contributed by atoms with Crippen molar-refractivity contribution in [2.75, 3.05) is 5.32 Å². The van der Waals surface area contributed by atoms with Crippen LogP contribution in [0, 0.1) is 6.92 Å². The Balaban J connectivity index is 1.64. The molecule has 0 aliphatic rings. The van der Waals surface area contributed by atoms with Crippen LogP contribution in [-0.2, 0) is 6.54 Å². The Morgan fingerprint density at radius 2 is 2.04 bits per heavy atom. The number of anilines is 1. The highest BCUT2D eigenvalue weighted by Gasteiger charge is 2.08. The molecule has 0 saturated heterocycles. The number of aryl methyl sites for hydroxylation is 1. The first-order valence-electron chi connectivity index (χ1n) is 7.30. The Morgan fingerprint density at radius 3 is 2.91 bits per heavy atom. The maximum Gasteiger partial charge on any atom is 0.182 e. The van der Waals surface area contributed by atoms with Crippen molar-refractivity contribution in [1.82, 2.24) is 29.7 Å². The average molecular weight is 305 g/mol. The van der Waals surface area contributed by atoms with Crippen LogP contribution >= 0.6 is 0 Å². The topological polar surface area (TPSA) is 84.3 Å². The monoisotopic (exact) mass is 305 g/mol. The number of benzene rings is 1. The van der Waals surface area contributed by atoms with Crippen LogP contribution in [0.15, 0.2) is 49.2 Å². The molecule has 7 heteroatoms. The lowest BCUT2D eigenvalue weighted by Crippen LogP contribution is -2.07. The molecule has 3 heterocycles. The molecule has 0 atom stereocenters. The molecule has 23 heavy (non-hydrogen) atoms. The van der Waals surface area contributed by atoms with Gasteiger partial charge in [-0.1, -0.05) is 18.2 Å². The number of nitrogens with zero attached hydrogens (tertiary/aromatic N) is 5. The molecule has 114 valence electrons. The second-order valence-corrected chi connectivity index (χ2v) is 5.21. The van der Waals surface area contributed by atoms with Crippen molar-refractivity contribution in [3.63, 3.8) is 0 Å². The Hall–Kier alpha value is -3.22. The molecule has 3 aromatic heterocycles. The fourth-order valence-corrected chi connectivity index (χ4v) is 2.51. The molecule has 7 nitrogen and oxygen atoms in total. The van der Waals surface area contributed by atoms with E-state index in [1.54, 1.807) is 6.33 Å². The van der Waals surface area contributed by atoms with Gasteiger partial charge in [-0.25, -0.2) is 19.6 Å². The predicted octanol–water partition coefficient (Wildman–Crippen LogP) is 2.46. The molecule has 0 fully saturated rings. The predicted molar refractivity (Wildman–Crippen MR) is 87.3 cm³/mol. The zero-order chi connectivity index (χ0) is 15.6. The van der Waals surface area contributed by atoms with Gasteiger partial charge in [0.1, 0.15) is 11.8 Å². The minimum atomic E-state index is 0.625. The van der Waals surface area contributed by atoms with Crippen LogP contribution < -0.4 is 5.32 Å². The standard InChI is InChI=1S/C16H15N7/c1-11-6-7-23(22-11)13-5-3-2-4-12(13)8-17-15-14-16(19-9-18-14)21-10-20-15/h2-7,9-10H,8H2,1H3,(H2,17,18,19,20,21). The van der Waals surface area contributed by atoms with E-state index in [0.717, 1.165) is 28.3 Å². The molecule has 2 N–H and O–H groups in total. The molecule has 0 spiro atoms. The highest BCUT2D eigenvalue weighted by molar-refractivity contribution is 5.81. The van der Waals surface area contributed by atoms with Gasteiger partial charge in [0.05, 0.1) is 17.7 Å². The van der Waals surface area contributed by atoms with Crippen molar-refractivity contribution in [2.45, 2.75) is 13.5 Å². The van der Waals surface area contributed by atoms with Crippen LogP contribution in [0.4, 0.5) is 5.82 Å². The van der Waals surface area contributed by atoms with Crippen LogP contribution in [-0.4, -0.2) is 29.7 Å². The number of H-pyrrole nitrogens is 1. The molecule has 0 unspecified atom stereocenters. The van der Waals surface area contributed by atoms with E-state index in [1.165, 1.54) is 6.33 Å². The van der Waals surface area contributed by atoms with Crippen LogP contribution in [0.3, 0.4) is 0 Å². The van der Waals surface area contributed by atoms with Gasteiger partial charge in [-0.3, -0.25) is 0 Å². The Kier molecular flexibility index (Phi) is 3.23. The molecule has 0 radical (unpaired) electrons. The normalized spacial score (nSPS) is 11.0. The quantitative estimate of drug-likeness (QED) is 0.605. The zero-order valence-corrected chi connectivity index (χ0v) is 12.6. The van der Waals surface area contributed by atoms with Crippen molar-refractivity contribution in [3.8, 4) is 5.69 Å². The van der Waals surface area contributed by atoms with E-state index in [9.17, 15) is 0 Å². The van der Waals surface area contributed by atoms with Crippen molar-refractivity contribution >= 4 is 17.0 Å². The largest absolute Gasteiger partial charge is 0.364 e. The summed E-state index contributed by atoms with van der Waals surface area (Å²) >= 11 is 0. The zero-order valence-electron chi connectivity index (χ0n) is 12.6. The summed E-state index contributed by atoms with van der Waals surface area (Å²) in [6, 6.07) is 10.1. The molecule has 4 rings (SSSR count). The summed E-state index contributed by atoms with van der Waals surface area (Å²) in [5.74, 6) is 0.735. The van der Waals surface area contributed by atoms with E-state index >= 15 is 0 Å². The first-order chi connectivity index (χ1) is 11.3. The van der Waals surface area contributed by atoms with Crippen LogP contribution in [0.25, 0.3) is 16.9 Å². The molecular formula is C16H15N7. The molecule has 0 saturated carbocycles. The molecule has 0 amide bonds. The van der Waals surface area contributed by atoms with Crippen molar-refractivity contribution in [3.05, 3.63) is 60.4 Å². The van der Waals surface area contributed by atoms with Crippen molar-refractivity contribution in [1.29, 1.82) is 0 Å². The maximum atomic E-state index is 4.49. The highest BCUT2D eigenvalue weighted by atomic mass is 15.3. The summed E-state index contributed by atoms with van der Waals surface area (Å²) in [6.07, 6.45) is 5.09. The number of aromatic amines is 1. The highest BCUT2D eigenvalue weighted by Crippen LogP contribution is 2.18. The van der Waals surface area contributed by atoms with Gasteiger partial charge in [0.2, 0.25) is 0 Å². The third kappa shape index (κ3) is 2.52. The number of imidazole rings is 1. The van der Waals surface area contributed by atoms with Gasteiger partial charge in [0.25, 0.3) is 0 Å². The first kappa shape index (κ1) is 13.4. The fraction of sp³-hybridized carbons (Fsp3) is 0.125. The van der Waals surface area contributed by atoms with Crippen LogP contribution in [0.2, 0.25) is 0 Å². The number of aromatic nitrogens is 6.